The molecule has 1 aliphatic carbocycles. The number of hydrogen-bond acceptors (Lipinski definition) is 3. The van der Waals surface area contributed by atoms with Crippen LogP contribution in [0.3, 0.4) is 0 Å². The molecular weight excluding hydrogens is 228 g/mol. The van der Waals surface area contributed by atoms with Crippen molar-refractivity contribution < 1.29 is 9.53 Å². The Balaban J connectivity index is 1.77. The van der Waals surface area contributed by atoms with Crippen LogP contribution in [-0.2, 0) is 11.3 Å². The van der Waals surface area contributed by atoms with Crippen LogP contribution < -0.4 is 15.8 Å². The van der Waals surface area contributed by atoms with Crippen molar-refractivity contribution >= 4 is 5.91 Å². The van der Waals surface area contributed by atoms with Gasteiger partial charge in [-0.1, -0.05) is 24.3 Å². The molecule has 0 fully saturated rings. The van der Waals surface area contributed by atoms with E-state index in [1.807, 2.05) is 24.3 Å². The van der Waals surface area contributed by atoms with Crippen molar-refractivity contribution in [3.05, 3.63) is 42.0 Å². The molecule has 18 heavy (non-hydrogen) atoms. The van der Waals surface area contributed by atoms with Crippen LogP contribution >= 0.6 is 0 Å². The normalized spacial score (nSPS) is 14.9. The molecule has 0 aromatic heterocycles. The van der Waals surface area contributed by atoms with E-state index in [4.69, 9.17) is 10.5 Å². The molecular formula is C14H18N2O2. The highest BCUT2D eigenvalue weighted by atomic mass is 16.5. The molecule has 0 radical (unpaired) electrons. The third-order valence-corrected chi connectivity index (χ3v) is 2.91. The van der Waals surface area contributed by atoms with Crippen LogP contribution in [0.25, 0.3) is 0 Å². The fourth-order valence-corrected chi connectivity index (χ4v) is 1.90. The van der Waals surface area contributed by atoms with Gasteiger partial charge in [0.25, 0.3) is 5.91 Å². The van der Waals surface area contributed by atoms with Crippen molar-refractivity contribution in [3.8, 4) is 5.75 Å². The number of amides is 1. The number of ether oxygens (including phenoxy) is 1. The zero-order valence-corrected chi connectivity index (χ0v) is 10.3. The summed E-state index contributed by atoms with van der Waals surface area (Å²) in [4.78, 5) is 10.6. The number of nitrogens with one attached hydrogen (secondary N) is 1. The summed E-state index contributed by atoms with van der Waals surface area (Å²) in [5.74, 6) is 0.203. The summed E-state index contributed by atoms with van der Waals surface area (Å²) in [5.41, 5.74) is 6.21. The lowest BCUT2D eigenvalue weighted by Crippen LogP contribution is -2.25. The van der Waals surface area contributed by atoms with Crippen molar-refractivity contribution in [3.63, 3.8) is 0 Å². The summed E-state index contributed by atoms with van der Waals surface area (Å²) in [5, 5.41) is 3.49. The van der Waals surface area contributed by atoms with Gasteiger partial charge in [0.05, 0.1) is 0 Å². The Morgan fingerprint density at radius 3 is 2.56 bits per heavy atom. The number of carbonyl (C=O) groups is 1. The van der Waals surface area contributed by atoms with Gasteiger partial charge >= 0.3 is 0 Å². The second-order valence-corrected chi connectivity index (χ2v) is 4.42. The maximum atomic E-state index is 10.6. The van der Waals surface area contributed by atoms with Gasteiger partial charge in [0.1, 0.15) is 5.75 Å². The Labute approximate surface area is 107 Å². The lowest BCUT2D eigenvalue weighted by atomic mass is 10.2. The third-order valence-electron chi connectivity index (χ3n) is 2.91. The molecule has 0 saturated carbocycles. The maximum absolute atomic E-state index is 10.6. The molecule has 0 aliphatic heterocycles. The molecule has 0 saturated heterocycles. The Morgan fingerprint density at radius 2 is 1.94 bits per heavy atom. The highest BCUT2D eigenvalue weighted by Gasteiger charge is 2.08. The molecule has 1 aliphatic rings. The van der Waals surface area contributed by atoms with Gasteiger partial charge in [-0.15, -0.1) is 0 Å². The van der Waals surface area contributed by atoms with Crippen LogP contribution in [0.4, 0.5) is 0 Å². The van der Waals surface area contributed by atoms with E-state index in [-0.39, 0.29) is 6.61 Å². The average Bonchev–Trinajstić information content (AvgIpc) is 2.88. The largest absolute Gasteiger partial charge is 0.484 e. The minimum atomic E-state index is -0.463. The molecule has 1 aromatic carbocycles. The minimum Gasteiger partial charge on any atom is -0.484 e. The van der Waals surface area contributed by atoms with Gasteiger partial charge in [0, 0.05) is 12.6 Å². The smallest absolute Gasteiger partial charge is 0.255 e. The molecule has 96 valence electrons. The number of carbonyl (C=O) groups excluding carboxylic acids is 1. The van der Waals surface area contributed by atoms with Crippen LogP contribution in [0.2, 0.25) is 0 Å². The second-order valence-electron chi connectivity index (χ2n) is 4.42. The molecule has 1 aromatic rings. The standard InChI is InChI=1S/C14H18N2O2/c15-14(17)10-18-13-7-5-11(6-8-13)9-16-12-3-1-2-4-12/h1-2,5-8,12,16H,3-4,9-10H2,(H2,15,17). The zero-order chi connectivity index (χ0) is 12.8. The van der Waals surface area contributed by atoms with Gasteiger partial charge in [0.15, 0.2) is 6.61 Å². The number of benzene rings is 1. The van der Waals surface area contributed by atoms with Crippen LogP contribution in [-0.4, -0.2) is 18.6 Å². The molecule has 1 amide bonds. The number of rotatable bonds is 6. The Bertz CT molecular complexity index is 418. The first kappa shape index (κ1) is 12.6. The van der Waals surface area contributed by atoms with E-state index in [9.17, 15) is 4.79 Å². The summed E-state index contributed by atoms with van der Waals surface area (Å²) in [6.45, 7) is 0.772. The molecule has 0 spiro atoms. The Morgan fingerprint density at radius 1 is 1.28 bits per heavy atom. The van der Waals surface area contributed by atoms with E-state index < -0.39 is 5.91 Å². The first-order valence-electron chi connectivity index (χ1n) is 6.12. The van der Waals surface area contributed by atoms with E-state index in [1.165, 1.54) is 5.56 Å². The molecule has 0 unspecified atom stereocenters. The van der Waals surface area contributed by atoms with Crippen molar-refractivity contribution in [1.29, 1.82) is 0 Å². The van der Waals surface area contributed by atoms with Crippen LogP contribution in [0.15, 0.2) is 36.4 Å². The molecule has 2 rings (SSSR count). The topological polar surface area (TPSA) is 64.4 Å². The van der Waals surface area contributed by atoms with Crippen LogP contribution in [0, 0.1) is 0 Å². The molecule has 3 N–H and O–H groups in total. The molecule has 0 bridgehead atoms. The highest BCUT2D eigenvalue weighted by molar-refractivity contribution is 5.75. The second kappa shape index (κ2) is 6.21. The quantitative estimate of drug-likeness (QED) is 0.745. The van der Waals surface area contributed by atoms with Crippen LogP contribution in [0.1, 0.15) is 18.4 Å². The zero-order valence-electron chi connectivity index (χ0n) is 10.3. The lowest BCUT2D eigenvalue weighted by molar-refractivity contribution is -0.119. The van der Waals surface area contributed by atoms with Crippen molar-refractivity contribution in [2.75, 3.05) is 6.61 Å². The lowest BCUT2D eigenvalue weighted by Gasteiger charge is -2.12. The summed E-state index contributed by atoms with van der Waals surface area (Å²) < 4.78 is 5.20. The maximum Gasteiger partial charge on any atom is 0.255 e. The predicted octanol–water partition coefficient (Wildman–Crippen LogP) is 1.36. The number of primary amides is 1. The highest BCUT2D eigenvalue weighted by Crippen LogP contribution is 2.14. The van der Waals surface area contributed by atoms with Gasteiger partial charge in [-0.2, -0.15) is 0 Å². The van der Waals surface area contributed by atoms with E-state index in [0.717, 1.165) is 19.4 Å². The summed E-state index contributed by atoms with van der Waals surface area (Å²) in [6.07, 6.45) is 6.64. The molecule has 4 heteroatoms. The van der Waals surface area contributed by atoms with Gasteiger partial charge in [-0.25, -0.2) is 0 Å². The first-order chi connectivity index (χ1) is 8.74. The minimum absolute atomic E-state index is 0.0780. The molecule has 0 heterocycles. The van der Waals surface area contributed by atoms with E-state index in [0.29, 0.717) is 11.8 Å². The van der Waals surface area contributed by atoms with Gasteiger partial charge < -0.3 is 15.8 Å². The summed E-state index contributed by atoms with van der Waals surface area (Å²) in [7, 11) is 0. The number of nitrogens with two attached hydrogens (primary N) is 1. The summed E-state index contributed by atoms with van der Waals surface area (Å²) >= 11 is 0. The first-order valence-corrected chi connectivity index (χ1v) is 6.12. The monoisotopic (exact) mass is 246 g/mol. The molecule has 4 nitrogen and oxygen atoms in total. The van der Waals surface area contributed by atoms with E-state index in [1.54, 1.807) is 0 Å². The Kier molecular flexibility index (Phi) is 4.36. The average molecular weight is 246 g/mol. The van der Waals surface area contributed by atoms with Crippen LogP contribution in [0.5, 0.6) is 5.75 Å². The van der Waals surface area contributed by atoms with Crippen molar-refractivity contribution in [1.82, 2.24) is 5.32 Å². The van der Waals surface area contributed by atoms with Crippen molar-refractivity contribution in [2.24, 2.45) is 5.73 Å². The predicted molar refractivity (Wildman–Crippen MR) is 70.1 cm³/mol. The number of hydrogen-bond donors (Lipinski definition) is 2. The van der Waals surface area contributed by atoms with Gasteiger partial charge in [0.2, 0.25) is 0 Å². The SMILES string of the molecule is NC(=O)COc1ccc(CNC2CC=CC2)cc1. The van der Waals surface area contributed by atoms with Crippen molar-refractivity contribution in [2.45, 2.75) is 25.4 Å². The fourth-order valence-electron chi connectivity index (χ4n) is 1.90. The summed E-state index contributed by atoms with van der Waals surface area (Å²) in [6, 6.07) is 8.26. The fraction of sp³-hybridized carbons (Fsp3) is 0.357. The van der Waals surface area contributed by atoms with E-state index >= 15 is 0 Å². The third kappa shape index (κ3) is 3.89. The molecule has 0 atom stereocenters. The Hall–Kier alpha value is -1.81. The van der Waals surface area contributed by atoms with Gasteiger partial charge in [-0.05, 0) is 30.5 Å². The van der Waals surface area contributed by atoms with Gasteiger partial charge in [-0.3, -0.25) is 4.79 Å². The van der Waals surface area contributed by atoms with E-state index in [2.05, 4.69) is 17.5 Å².